The highest BCUT2D eigenvalue weighted by Gasteiger charge is 2.20. The van der Waals surface area contributed by atoms with Gasteiger partial charge in [0.25, 0.3) is 0 Å². The molecule has 0 heterocycles. The smallest absolute Gasteiger partial charge is 0.175 e. The van der Waals surface area contributed by atoms with Crippen molar-refractivity contribution in [2.75, 3.05) is 12.9 Å². The number of rotatable bonds is 7. The summed E-state index contributed by atoms with van der Waals surface area (Å²) in [7, 11) is -3.17. The van der Waals surface area contributed by atoms with Gasteiger partial charge in [0.2, 0.25) is 0 Å². The summed E-state index contributed by atoms with van der Waals surface area (Å²) in [6, 6.07) is 6.35. The maximum absolute atomic E-state index is 11.3. The zero-order valence-electron chi connectivity index (χ0n) is 12.1. The van der Waals surface area contributed by atoms with Gasteiger partial charge < -0.3 is 10.5 Å². The van der Waals surface area contributed by atoms with Crippen LogP contribution in [0.3, 0.4) is 0 Å². The molecule has 0 saturated heterocycles. The Morgan fingerprint density at radius 1 is 1.30 bits per heavy atom. The van der Waals surface area contributed by atoms with Crippen LogP contribution in [0.5, 0.6) is 5.75 Å². The second-order valence-corrected chi connectivity index (χ2v) is 7.51. The Balaban J connectivity index is 2.46. The van der Waals surface area contributed by atoms with Gasteiger partial charge in [-0.05, 0) is 37.1 Å². The van der Waals surface area contributed by atoms with Crippen LogP contribution >= 0.6 is 0 Å². The van der Waals surface area contributed by atoms with Gasteiger partial charge in [0, 0.05) is 11.7 Å². The second-order valence-electron chi connectivity index (χ2n) is 5.49. The zero-order valence-corrected chi connectivity index (χ0v) is 13.0. The number of nitrogens with two attached hydrogens (primary N) is 1. The summed E-state index contributed by atoms with van der Waals surface area (Å²) in [4.78, 5) is 0.280. The molecule has 1 rings (SSSR count). The van der Waals surface area contributed by atoms with Gasteiger partial charge in [-0.15, -0.1) is 0 Å². The van der Waals surface area contributed by atoms with Crippen molar-refractivity contribution in [2.45, 2.75) is 31.6 Å². The van der Waals surface area contributed by atoms with Crippen molar-refractivity contribution < 1.29 is 13.2 Å². The van der Waals surface area contributed by atoms with Crippen LogP contribution in [0.25, 0.3) is 0 Å². The third-order valence-corrected chi connectivity index (χ3v) is 4.32. The number of benzene rings is 1. The summed E-state index contributed by atoms with van der Waals surface area (Å²) in [6.45, 7) is 4.36. The maximum Gasteiger partial charge on any atom is 0.175 e. The van der Waals surface area contributed by atoms with Gasteiger partial charge >= 0.3 is 0 Å². The van der Waals surface area contributed by atoms with E-state index in [1.165, 1.54) is 18.4 Å². The molecule has 0 aliphatic heterocycles. The molecule has 1 aromatic rings. The Labute approximate surface area is 120 Å². The molecule has 0 radical (unpaired) electrons. The predicted molar refractivity (Wildman–Crippen MR) is 80.0 cm³/mol. The van der Waals surface area contributed by atoms with Crippen molar-refractivity contribution in [3.8, 4) is 5.75 Å². The largest absolute Gasteiger partial charge is 0.494 e. The molecule has 20 heavy (non-hydrogen) atoms. The van der Waals surface area contributed by atoms with E-state index in [2.05, 4.69) is 0 Å². The topological polar surface area (TPSA) is 93.2 Å². The Kier molecular flexibility index (Phi) is 5.16. The molecule has 0 aliphatic rings. The number of hydrogen-bond acceptors (Lipinski definition) is 4. The fraction of sp³-hybridized carbons (Fsp3) is 0.500. The lowest BCUT2D eigenvalue weighted by atomic mass is 9.87. The lowest BCUT2D eigenvalue weighted by Crippen LogP contribution is -2.31. The Bertz CT molecular complexity index is 563. The van der Waals surface area contributed by atoms with E-state index in [4.69, 9.17) is 15.9 Å². The highest BCUT2D eigenvalue weighted by Crippen LogP contribution is 2.22. The number of nitrogens with one attached hydrogen (secondary N) is 1. The molecule has 1 aromatic carbocycles. The first-order valence-corrected chi connectivity index (χ1v) is 8.29. The lowest BCUT2D eigenvalue weighted by molar-refractivity contribution is 0.286. The molecular weight excluding hydrogens is 276 g/mol. The SMILES string of the molecule is CC(C)(CCCOc1ccc(S(C)(=O)=O)cc1)C(=N)N. The molecule has 0 unspecified atom stereocenters. The fourth-order valence-electron chi connectivity index (χ4n) is 1.62. The summed E-state index contributed by atoms with van der Waals surface area (Å²) in [6.07, 6.45) is 2.72. The van der Waals surface area contributed by atoms with E-state index in [0.717, 1.165) is 12.8 Å². The minimum atomic E-state index is -3.17. The van der Waals surface area contributed by atoms with Crippen molar-refractivity contribution in [3.63, 3.8) is 0 Å². The Morgan fingerprint density at radius 2 is 1.85 bits per heavy atom. The third kappa shape index (κ3) is 4.85. The van der Waals surface area contributed by atoms with Crippen LogP contribution in [-0.2, 0) is 9.84 Å². The zero-order chi connectivity index (χ0) is 15.4. The third-order valence-electron chi connectivity index (χ3n) is 3.20. The number of hydrogen-bond donors (Lipinski definition) is 2. The predicted octanol–water partition coefficient (Wildman–Crippen LogP) is 2.21. The first-order valence-electron chi connectivity index (χ1n) is 6.40. The minimum Gasteiger partial charge on any atom is -0.494 e. The standard InChI is InChI=1S/C14H22N2O3S/c1-14(2,13(15)16)9-4-10-19-11-5-7-12(8-6-11)20(3,17)18/h5-8H,4,9-10H2,1-3H3,(H3,15,16). The van der Waals surface area contributed by atoms with Crippen LogP contribution in [-0.4, -0.2) is 27.1 Å². The van der Waals surface area contributed by atoms with Crippen molar-refractivity contribution in [2.24, 2.45) is 11.1 Å². The average Bonchev–Trinajstić information content (AvgIpc) is 2.34. The molecule has 0 aromatic heterocycles. The molecule has 3 N–H and O–H groups in total. The summed E-state index contributed by atoms with van der Waals surface area (Å²) < 4.78 is 28.2. The van der Waals surface area contributed by atoms with E-state index in [0.29, 0.717) is 12.4 Å². The lowest BCUT2D eigenvalue weighted by Gasteiger charge is -2.22. The summed E-state index contributed by atoms with van der Waals surface area (Å²) in [5.74, 6) is 0.813. The van der Waals surface area contributed by atoms with Crippen LogP contribution in [0.1, 0.15) is 26.7 Å². The average molecular weight is 298 g/mol. The molecule has 0 fully saturated rings. The van der Waals surface area contributed by atoms with E-state index in [1.54, 1.807) is 12.1 Å². The molecule has 0 bridgehead atoms. The minimum absolute atomic E-state index is 0.176. The van der Waals surface area contributed by atoms with Gasteiger partial charge in [0.1, 0.15) is 5.75 Å². The summed E-state index contributed by atoms with van der Waals surface area (Å²) >= 11 is 0. The van der Waals surface area contributed by atoms with Gasteiger partial charge in [-0.3, -0.25) is 5.41 Å². The van der Waals surface area contributed by atoms with E-state index in [1.807, 2.05) is 13.8 Å². The first-order chi connectivity index (χ1) is 9.13. The maximum atomic E-state index is 11.3. The van der Waals surface area contributed by atoms with Crippen molar-refractivity contribution in [3.05, 3.63) is 24.3 Å². The van der Waals surface area contributed by atoms with Crippen molar-refractivity contribution >= 4 is 15.7 Å². The monoisotopic (exact) mass is 298 g/mol. The van der Waals surface area contributed by atoms with Crippen LogP contribution in [0.15, 0.2) is 29.2 Å². The Hall–Kier alpha value is -1.56. The van der Waals surface area contributed by atoms with Crippen LogP contribution in [0, 0.1) is 10.8 Å². The molecule has 0 amide bonds. The van der Waals surface area contributed by atoms with E-state index in [-0.39, 0.29) is 16.1 Å². The fourth-order valence-corrected chi connectivity index (χ4v) is 2.25. The molecule has 0 aliphatic carbocycles. The van der Waals surface area contributed by atoms with E-state index >= 15 is 0 Å². The van der Waals surface area contributed by atoms with Gasteiger partial charge in [-0.25, -0.2) is 8.42 Å². The van der Waals surface area contributed by atoms with E-state index in [9.17, 15) is 8.42 Å². The molecule has 0 spiro atoms. The molecule has 6 heteroatoms. The van der Waals surface area contributed by atoms with Crippen molar-refractivity contribution in [1.82, 2.24) is 0 Å². The van der Waals surface area contributed by atoms with Crippen LogP contribution < -0.4 is 10.5 Å². The van der Waals surface area contributed by atoms with Gasteiger partial charge in [-0.2, -0.15) is 0 Å². The van der Waals surface area contributed by atoms with Gasteiger partial charge in [0.15, 0.2) is 9.84 Å². The van der Waals surface area contributed by atoms with Gasteiger partial charge in [-0.1, -0.05) is 13.8 Å². The first kappa shape index (κ1) is 16.5. The van der Waals surface area contributed by atoms with Crippen LogP contribution in [0.2, 0.25) is 0 Å². The number of sulfone groups is 1. The molecule has 5 nitrogen and oxygen atoms in total. The Morgan fingerprint density at radius 3 is 2.30 bits per heavy atom. The summed E-state index contributed by atoms with van der Waals surface area (Å²) in [5.41, 5.74) is 5.19. The second kappa shape index (κ2) is 6.26. The summed E-state index contributed by atoms with van der Waals surface area (Å²) in [5, 5.41) is 7.46. The molecule has 0 atom stereocenters. The van der Waals surface area contributed by atoms with E-state index < -0.39 is 9.84 Å². The molecular formula is C14H22N2O3S. The number of amidine groups is 1. The number of ether oxygens (including phenoxy) is 1. The molecule has 0 saturated carbocycles. The highest BCUT2D eigenvalue weighted by molar-refractivity contribution is 7.90. The normalized spacial score (nSPS) is 12.2. The van der Waals surface area contributed by atoms with Crippen LogP contribution in [0.4, 0.5) is 0 Å². The quantitative estimate of drug-likeness (QED) is 0.458. The van der Waals surface area contributed by atoms with Gasteiger partial charge in [0.05, 0.1) is 17.3 Å². The molecule has 112 valence electrons. The van der Waals surface area contributed by atoms with Crippen molar-refractivity contribution in [1.29, 1.82) is 5.41 Å². The highest BCUT2D eigenvalue weighted by atomic mass is 32.2.